The van der Waals surface area contributed by atoms with E-state index in [2.05, 4.69) is 27.8 Å². The first-order valence-corrected chi connectivity index (χ1v) is 13.2. The molecule has 6 nitrogen and oxygen atoms in total. The molecule has 0 amide bonds. The van der Waals surface area contributed by atoms with Crippen LogP contribution in [0.2, 0.25) is 0 Å². The van der Waals surface area contributed by atoms with Gasteiger partial charge in [-0.1, -0.05) is 18.2 Å². The van der Waals surface area contributed by atoms with Crippen molar-refractivity contribution in [3.05, 3.63) is 86.2 Å². The second-order valence-corrected chi connectivity index (χ2v) is 10.3. The maximum Gasteiger partial charge on any atom is 0.335 e. The molecule has 2 aromatic carbocycles. The van der Waals surface area contributed by atoms with Crippen LogP contribution in [0, 0.1) is 0 Å². The minimum absolute atomic E-state index is 0.144. The minimum Gasteiger partial charge on any atom is -0.488 e. The van der Waals surface area contributed by atoms with E-state index in [0.29, 0.717) is 18.6 Å². The van der Waals surface area contributed by atoms with E-state index in [1.165, 1.54) is 0 Å². The zero-order valence-electron chi connectivity index (χ0n) is 20.2. The summed E-state index contributed by atoms with van der Waals surface area (Å²) in [5.41, 5.74) is 5.76. The van der Waals surface area contributed by atoms with Crippen LogP contribution in [-0.4, -0.2) is 34.1 Å². The van der Waals surface area contributed by atoms with Gasteiger partial charge in [0.25, 0.3) is 0 Å². The van der Waals surface area contributed by atoms with Gasteiger partial charge in [-0.15, -0.1) is 0 Å². The number of hydrogen-bond donors (Lipinski definition) is 1. The number of ketones is 2. The summed E-state index contributed by atoms with van der Waals surface area (Å²) in [4.78, 5) is 39.8. The van der Waals surface area contributed by atoms with Gasteiger partial charge in [-0.2, -0.15) is 0 Å². The summed E-state index contributed by atoms with van der Waals surface area (Å²) in [5, 5.41) is 9.07. The zero-order chi connectivity index (χ0) is 25.4. The van der Waals surface area contributed by atoms with Crippen molar-refractivity contribution in [3.63, 3.8) is 0 Å². The number of carboxylic acid groups (broad SMARTS) is 1. The monoisotopic (exact) mass is 549 g/mol. The highest BCUT2D eigenvalue weighted by molar-refractivity contribution is 9.10. The molecule has 0 radical (unpaired) electrons. The maximum atomic E-state index is 13.2. The van der Waals surface area contributed by atoms with Crippen LogP contribution < -0.4 is 4.74 Å². The number of hydrogen-bond acceptors (Lipinski definition) is 5. The molecule has 0 atom stereocenters. The van der Waals surface area contributed by atoms with Gasteiger partial charge in [0.05, 0.1) is 10.0 Å². The van der Waals surface area contributed by atoms with Crippen molar-refractivity contribution in [2.45, 2.75) is 58.0 Å². The molecule has 2 aromatic rings. The predicted octanol–water partition coefficient (Wildman–Crippen LogP) is 6.16. The first kappa shape index (κ1) is 24.5. The third-order valence-corrected chi connectivity index (χ3v) is 7.91. The van der Waals surface area contributed by atoms with Gasteiger partial charge in [0.2, 0.25) is 0 Å². The van der Waals surface area contributed by atoms with Gasteiger partial charge < -0.3 is 14.7 Å². The van der Waals surface area contributed by atoms with E-state index in [1.54, 1.807) is 24.3 Å². The summed E-state index contributed by atoms with van der Waals surface area (Å²) in [6.45, 7) is 3.13. The molecule has 186 valence electrons. The SMILES string of the molecule is CCN1C2=C(C(=O)CCC2)C(c2ccc(OCc3ccc(C(=O)O)cc3)c(Br)c2)C2=C1CCCC2=O. The average Bonchev–Trinajstić information content (AvgIpc) is 2.87. The lowest BCUT2D eigenvalue weighted by Gasteiger charge is -2.43. The third kappa shape index (κ3) is 4.41. The summed E-state index contributed by atoms with van der Waals surface area (Å²) in [6, 6.07) is 12.4. The summed E-state index contributed by atoms with van der Waals surface area (Å²) in [7, 11) is 0. The molecule has 0 spiro atoms. The van der Waals surface area contributed by atoms with Gasteiger partial charge in [0.1, 0.15) is 12.4 Å². The fourth-order valence-electron chi connectivity index (χ4n) is 5.65. The molecule has 36 heavy (non-hydrogen) atoms. The van der Waals surface area contributed by atoms with Crippen molar-refractivity contribution in [2.24, 2.45) is 0 Å². The average molecular weight is 550 g/mol. The van der Waals surface area contributed by atoms with Crippen LogP contribution in [0.3, 0.4) is 0 Å². The molecule has 1 N–H and O–H groups in total. The molecule has 0 fully saturated rings. The second kappa shape index (κ2) is 10.1. The number of ether oxygens (including phenoxy) is 1. The van der Waals surface area contributed by atoms with Crippen molar-refractivity contribution >= 4 is 33.5 Å². The van der Waals surface area contributed by atoms with Crippen LogP contribution >= 0.6 is 15.9 Å². The Hall–Kier alpha value is -3.19. The Kier molecular flexibility index (Phi) is 6.84. The van der Waals surface area contributed by atoms with Crippen LogP contribution in [0.15, 0.2) is 69.5 Å². The highest BCUT2D eigenvalue weighted by Gasteiger charge is 2.42. The fourth-order valence-corrected chi connectivity index (χ4v) is 6.16. The molecule has 0 unspecified atom stereocenters. The molecular formula is C29H28BrNO5. The van der Waals surface area contributed by atoms with E-state index in [0.717, 1.165) is 70.4 Å². The lowest BCUT2D eigenvalue weighted by molar-refractivity contribution is -0.117. The van der Waals surface area contributed by atoms with Crippen molar-refractivity contribution in [2.75, 3.05) is 6.54 Å². The first-order chi connectivity index (χ1) is 17.4. The number of halogens is 1. The summed E-state index contributed by atoms with van der Waals surface area (Å²) in [6.07, 6.45) is 4.46. The van der Waals surface area contributed by atoms with Crippen molar-refractivity contribution in [1.82, 2.24) is 4.90 Å². The number of aromatic carboxylic acids is 1. The standard InChI is InChI=1S/C29H28BrNO5/c1-2-31-21-5-3-7-23(32)27(21)26(28-22(31)6-4-8-24(28)33)19-13-14-25(20(30)15-19)36-16-17-9-11-18(12-10-17)29(34)35/h9-15,26H,2-8,16H2,1H3,(H,34,35). The molecule has 0 bridgehead atoms. The molecule has 0 saturated heterocycles. The largest absolute Gasteiger partial charge is 0.488 e. The summed E-state index contributed by atoms with van der Waals surface area (Å²) in [5.74, 6) is -0.375. The van der Waals surface area contributed by atoms with Crippen molar-refractivity contribution in [1.29, 1.82) is 0 Å². The van der Waals surface area contributed by atoms with Crippen molar-refractivity contribution < 1.29 is 24.2 Å². The first-order valence-electron chi connectivity index (χ1n) is 12.4. The Morgan fingerprint density at radius 1 is 0.972 bits per heavy atom. The Labute approximate surface area is 218 Å². The van der Waals surface area contributed by atoms with Crippen LogP contribution in [0.5, 0.6) is 5.75 Å². The van der Waals surface area contributed by atoms with Crippen molar-refractivity contribution in [3.8, 4) is 5.75 Å². The number of carboxylic acids is 1. The Bertz CT molecular complexity index is 1260. The molecule has 1 aliphatic heterocycles. The Morgan fingerprint density at radius 2 is 1.58 bits per heavy atom. The lowest BCUT2D eigenvalue weighted by atomic mass is 9.71. The molecule has 7 heteroatoms. The van der Waals surface area contributed by atoms with E-state index in [1.807, 2.05) is 18.2 Å². The molecule has 0 saturated carbocycles. The minimum atomic E-state index is -0.963. The number of allylic oxidation sites excluding steroid dienone is 4. The summed E-state index contributed by atoms with van der Waals surface area (Å²) >= 11 is 3.63. The number of carbonyl (C=O) groups is 3. The van der Waals surface area contributed by atoms with E-state index < -0.39 is 5.97 Å². The number of rotatable bonds is 6. The van der Waals surface area contributed by atoms with Crippen LogP contribution in [-0.2, 0) is 16.2 Å². The van der Waals surface area contributed by atoms with Gasteiger partial charge in [-0.3, -0.25) is 9.59 Å². The van der Waals surface area contributed by atoms with Gasteiger partial charge in [-0.25, -0.2) is 4.79 Å². The van der Waals surface area contributed by atoms with E-state index in [4.69, 9.17) is 9.84 Å². The van der Waals surface area contributed by atoms with E-state index in [9.17, 15) is 14.4 Å². The second-order valence-electron chi connectivity index (χ2n) is 9.43. The molecular weight excluding hydrogens is 522 g/mol. The Balaban J connectivity index is 1.47. The van der Waals surface area contributed by atoms with Gasteiger partial charge in [-0.05, 0) is 83.9 Å². The van der Waals surface area contributed by atoms with Crippen LogP contribution in [0.4, 0.5) is 0 Å². The molecule has 3 aliphatic rings. The highest BCUT2D eigenvalue weighted by atomic mass is 79.9. The molecule has 2 aliphatic carbocycles. The van der Waals surface area contributed by atoms with Crippen LogP contribution in [0.1, 0.15) is 72.9 Å². The quantitative estimate of drug-likeness (QED) is 0.464. The summed E-state index contributed by atoms with van der Waals surface area (Å²) < 4.78 is 6.74. The number of nitrogens with zero attached hydrogens (tertiary/aromatic N) is 1. The molecule has 1 heterocycles. The normalized spacial score (nSPS) is 18.3. The van der Waals surface area contributed by atoms with E-state index >= 15 is 0 Å². The third-order valence-electron chi connectivity index (χ3n) is 7.29. The smallest absolute Gasteiger partial charge is 0.335 e. The zero-order valence-corrected chi connectivity index (χ0v) is 21.8. The fraction of sp³-hybridized carbons (Fsp3) is 0.345. The molecule has 0 aromatic heterocycles. The van der Waals surface area contributed by atoms with Crippen LogP contribution in [0.25, 0.3) is 0 Å². The number of benzene rings is 2. The Morgan fingerprint density at radius 3 is 2.11 bits per heavy atom. The van der Waals surface area contributed by atoms with Gasteiger partial charge in [0, 0.05) is 47.8 Å². The maximum absolute atomic E-state index is 13.2. The highest BCUT2D eigenvalue weighted by Crippen LogP contribution is 2.49. The van der Waals surface area contributed by atoms with E-state index in [-0.39, 0.29) is 29.7 Å². The van der Waals surface area contributed by atoms with Gasteiger partial charge >= 0.3 is 5.97 Å². The van der Waals surface area contributed by atoms with Gasteiger partial charge in [0.15, 0.2) is 11.6 Å². The number of Topliss-reactive ketones (excluding diaryl/α,β-unsaturated/α-hetero) is 2. The molecule has 5 rings (SSSR count). The number of carbonyl (C=O) groups excluding carboxylic acids is 2. The predicted molar refractivity (Wildman–Crippen MR) is 139 cm³/mol. The topological polar surface area (TPSA) is 83.9 Å². The lowest BCUT2D eigenvalue weighted by Crippen LogP contribution is -2.39.